The van der Waals surface area contributed by atoms with Crippen LogP contribution in [0.5, 0.6) is 0 Å². The van der Waals surface area contributed by atoms with Gasteiger partial charge in [-0.2, -0.15) is 0 Å². The van der Waals surface area contributed by atoms with Gasteiger partial charge in [-0.15, -0.1) is 0 Å². The van der Waals surface area contributed by atoms with Crippen LogP contribution in [0.15, 0.2) is 25.6 Å². The van der Waals surface area contributed by atoms with Gasteiger partial charge in [0, 0.05) is 42.7 Å². The molecule has 3 aliphatic heterocycles. The maximum absolute atomic E-state index is 10.7. The molecule has 41 heteroatoms. The van der Waals surface area contributed by atoms with E-state index in [0.29, 0.717) is 12.6 Å². The Labute approximate surface area is 473 Å². The number of rotatable bonds is 22. The first-order chi connectivity index (χ1) is 38.7. The average Bonchev–Trinajstić information content (AvgIpc) is 4.00. The highest BCUT2D eigenvalue weighted by atomic mass is 16.4. The Morgan fingerprint density at radius 2 is 0.602 bits per heavy atom. The minimum absolute atomic E-state index is 0.132. The van der Waals surface area contributed by atoms with E-state index in [1.165, 1.54) is 34.6 Å². The molecule has 0 amide bonds. The molecular weight excluding hydrogens is 1120 g/mol. The van der Waals surface area contributed by atoms with Crippen molar-refractivity contribution in [3.8, 4) is 0 Å². The van der Waals surface area contributed by atoms with Crippen molar-refractivity contribution in [2.24, 2.45) is 25.6 Å². The molecule has 83 heavy (non-hydrogen) atoms. The van der Waals surface area contributed by atoms with E-state index in [4.69, 9.17) is 104 Å². The van der Waals surface area contributed by atoms with Crippen LogP contribution in [0.1, 0.15) is 55.4 Å². The quantitative estimate of drug-likeness (QED) is 0.0207. The highest BCUT2D eigenvalue weighted by Gasteiger charge is 2.39. The largest absolute Gasteiger partial charge is 0.395 e. The monoisotopic (exact) mass is 1210 g/mol. The fraction of sp³-hybridized carbons (Fsp3) is 0.881. The van der Waals surface area contributed by atoms with Crippen LogP contribution in [-0.4, -0.2) is 301 Å². The van der Waals surface area contributed by atoms with E-state index in [2.05, 4.69) is 66.1 Å². The van der Waals surface area contributed by atoms with Gasteiger partial charge in [0.2, 0.25) is 0 Å². The second-order valence-electron chi connectivity index (χ2n) is 17.9. The molecule has 0 aliphatic carbocycles. The lowest BCUT2D eigenvalue weighted by molar-refractivity contribution is -0.136. The van der Waals surface area contributed by atoms with E-state index in [1.54, 1.807) is 20.8 Å². The summed E-state index contributed by atoms with van der Waals surface area (Å²) in [6.07, 6.45) is -13.2. The Morgan fingerprint density at radius 1 is 0.410 bits per heavy atom. The lowest BCUT2D eigenvalue weighted by atomic mass is 10.0. The lowest BCUT2D eigenvalue weighted by Crippen LogP contribution is -2.41. The Kier molecular flexibility index (Phi) is 51.2. The number of azide groups is 5. The number of nitrogens with one attached hydrogen (secondary N) is 3. The second kappa shape index (κ2) is 49.5. The van der Waals surface area contributed by atoms with E-state index < -0.39 is 141 Å². The van der Waals surface area contributed by atoms with Crippen molar-refractivity contribution >= 4 is 29.9 Å². The lowest BCUT2D eigenvalue weighted by Gasteiger charge is -2.18. The summed E-state index contributed by atoms with van der Waals surface area (Å²) >= 11 is 0. The van der Waals surface area contributed by atoms with Crippen LogP contribution in [0.3, 0.4) is 0 Å². The van der Waals surface area contributed by atoms with Gasteiger partial charge in [0.1, 0.15) is 50.7 Å². The Morgan fingerprint density at radius 3 is 0.699 bits per heavy atom. The summed E-state index contributed by atoms with van der Waals surface area (Å²) in [7, 11) is 0. The third-order valence-electron chi connectivity index (χ3n) is 11.3. The molecule has 0 radical (unpaired) electrons. The molecule has 3 fully saturated rings. The van der Waals surface area contributed by atoms with Crippen LogP contribution >= 0.6 is 0 Å². The van der Waals surface area contributed by atoms with Crippen molar-refractivity contribution in [2.45, 2.75) is 195 Å². The standard InChI is InChI=1S/3C6H11N3O4.3C6H13NO3.2C3H5N3O/c3*1-3(8-9-7)5(12)6(13)4(11)2-10;3*1-3-5(9)6(10)4(2-8)7-3;2*1-3(2-7)5-6-4/h3*3,5-6,10,12-13H,2H2,1H3;3*3-10H,2H2,1H3;2*2-3H,1H3/t;;;3-,4+,5?,6?;2*3-,4-,5?,6?;;/m...010../s1. The van der Waals surface area contributed by atoms with E-state index >= 15 is 0 Å². The molecule has 3 rings (SSSR count). The summed E-state index contributed by atoms with van der Waals surface area (Å²) in [5.74, 6) is -2.73. The summed E-state index contributed by atoms with van der Waals surface area (Å²) in [4.78, 5) is 63.3. The number of carbonyl (C=O) groups excluding carboxylic acids is 5. The molecule has 0 spiro atoms. The van der Waals surface area contributed by atoms with Crippen molar-refractivity contribution in [3.63, 3.8) is 0 Å². The zero-order chi connectivity index (χ0) is 65.9. The normalized spacial score (nSPS) is 27.3. The molecule has 41 nitrogen and oxygen atoms in total. The van der Waals surface area contributed by atoms with Gasteiger partial charge in [0.05, 0.1) is 123 Å². The van der Waals surface area contributed by atoms with Gasteiger partial charge < -0.3 is 117 Å². The molecular formula is C42H82N18O23. The van der Waals surface area contributed by atoms with E-state index in [9.17, 15) is 39.3 Å². The molecule has 0 aromatic rings. The van der Waals surface area contributed by atoms with Crippen LogP contribution in [0.4, 0.5) is 0 Å². The molecule has 3 aliphatic rings. The highest BCUT2D eigenvalue weighted by Crippen LogP contribution is 2.15. The topological polar surface area (TPSA) is 729 Å². The zero-order valence-electron chi connectivity index (χ0n) is 46.5. The van der Waals surface area contributed by atoms with Gasteiger partial charge in [-0.3, -0.25) is 14.4 Å². The molecule has 478 valence electrons. The van der Waals surface area contributed by atoms with Gasteiger partial charge in [0.15, 0.2) is 17.3 Å². The van der Waals surface area contributed by atoms with Crippen LogP contribution in [-0.2, 0) is 24.0 Å². The number of aliphatic hydroxyl groups is 18. The van der Waals surface area contributed by atoms with Crippen molar-refractivity contribution in [2.75, 3.05) is 39.6 Å². The predicted octanol–water partition coefficient (Wildman–Crippen LogP) is -7.14. The average molecular weight is 1210 g/mol. The number of ketones is 3. The van der Waals surface area contributed by atoms with Crippen LogP contribution in [0.25, 0.3) is 52.2 Å². The number of carbonyl (C=O) groups is 5. The molecule has 0 bridgehead atoms. The summed E-state index contributed by atoms with van der Waals surface area (Å²) in [6.45, 7) is 9.39. The highest BCUT2D eigenvalue weighted by molar-refractivity contribution is 5.85. The van der Waals surface area contributed by atoms with Gasteiger partial charge in [-0.05, 0) is 48.4 Å². The van der Waals surface area contributed by atoms with E-state index in [-0.39, 0.29) is 56.1 Å². The zero-order valence-corrected chi connectivity index (χ0v) is 46.5. The smallest absolute Gasteiger partial charge is 0.189 e. The van der Waals surface area contributed by atoms with Crippen LogP contribution < -0.4 is 16.0 Å². The number of hydrogen-bond acceptors (Lipinski definition) is 31. The fourth-order valence-corrected chi connectivity index (χ4v) is 6.00. The molecule has 3 heterocycles. The first-order valence-corrected chi connectivity index (χ1v) is 24.5. The maximum atomic E-state index is 10.7. The first-order valence-electron chi connectivity index (χ1n) is 24.5. The number of Topliss-reactive ketones (excluding diaryl/α,β-unsaturated/α-hetero) is 3. The Balaban J connectivity index is -0.000000282. The third-order valence-corrected chi connectivity index (χ3v) is 11.3. The van der Waals surface area contributed by atoms with Crippen LogP contribution in [0.2, 0.25) is 0 Å². The Hall–Kier alpha value is -5.94. The first kappa shape index (κ1) is 85.9. The molecule has 21 N–H and O–H groups in total. The molecule has 17 unspecified atom stereocenters. The maximum Gasteiger partial charge on any atom is 0.189 e. The van der Waals surface area contributed by atoms with Crippen molar-refractivity contribution in [1.29, 1.82) is 0 Å². The van der Waals surface area contributed by atoms with Crippen molar-refractivity contribution in [1.82, 2.24) is 16.0 Å². The summed E-state index contributed by atoms with van der Waals surface area (Å²) in [6, 6.07) is -5.32. The van der Waals surface area contributed by atoms with Gasteiger partial charge >= 0.3 is 0 Å². The molecule has 0 aromatic heterocycles. The molecule has 3 saturated heterocycles. The third kappa shape index (κ3) is 35.1. The second-order valence-corrected chi connectivity index (χ2v) is 17.9. The molecule has 0 aromatic carbocycles. The number of aldehydes is 2. The van der Waals surface area contributed by atoms with Gasteiger partial charge in [-0.1, -0.05) is 60.2 Å². The SMILES string of the molecule is CC(C=O)N=[N+]=[N-].CC(C=O)N=[N+]=[N-].CC(N=[N+]=[N-])C(O)C(O)C(=O)CO.CC(N=[N+]=[N-])C(O)C(O)C(=O)CO.CC(N=[N+]=[N-])C(O)C(O)C(=O)CO.C[C@@H]1N[C@@H](CO)C(O)C1O.C[C@@H]1N[C@H](CO)C(O)C1O.C[C@H]1N[C@H](CO)C(O)C1O. The fourth-order valence-electron chi connectivity index (χ4n) is 6.00. The number of aliphatic hydroxyl groups excluding tert-OH is 18. The van der Waals surface area contributed by atoms with Gasteiger partial charge in [0.25, 0.3) is 0 Å². The van der Waals surface area contributed by atoms with Crippen molar-refractivity contribution in [3.05, 3.63) is 52.2 Å². The minimum atomic E-state index is -1.72. The Bertz CT molecular complexity index is 1880. The van der Waals surface area contributed by atoms with Crippen molar-refractivity contribution < 1.29 is 116 Å². The van der Waals surface area contributed by atoms with E-state index in [1.807, 2.05) is 0 Å². The minimum Gasteiger partial charge on any atom is -0.395 e. The molecule has 23 atom stereocenters. The number of hydrogen-bond donors (Lipinski definition) is 21. The van der Waals surface area contributed by atoms with Gasteiger partial charge in [-0.25, -0.2) is 0 Å². The summed E-state index contributed by atoms with van der Waals surface area (Å²) in [5, 5.41) is 184. The van der Waals surface area contributed by atoms with E-state index in [0.717, 1.165) is 0 Å². The number of nitrogens with zero attached hydrogens (tertiary/aromatic N) is 15. The summed E-state index contributed by atoms with van der Waals surface area (Å²) in [5.41, 5.74) is 39.3. The predicted molar refractivity (Wildman–Crippen MR) is 284 cm³/mol. The van der Waals surface area contributed by atoms with Crippen LogP contribution in [0, 0.1) is 0 Å². The molecule has 0 saturated carbocycles. The summed E-state index contributed by atoms with van der Waals surface area (Å²) < 4.78 is 0.